The van der Waals surface area contributed by atoms with Gasteiger partial charge in [0.15, 0.2) is 0 Å². The number of hydrogen-bond donors (Lipinski definition) is 2. The Morgan fingerprint density at radius 3 is 2.81 bits per heavy atom. The fourth-order valence-electron chi connectivity index (χ4n) is 1.51. The molecule has 0 aliphatic heterocycles. The Balaban J connectivity index is 2.35. The normalized spacial score (nSPS) is 14.6. The molecule has 0 saturated heterocycles. The van der Waals surface area contributed by atoms with Crippen LogP contribution in [0.15, 0.2) is 12.1 Å². The number of nitrogens with two attached hydrogens (primary N) is 1. The first-order chi connectivity index (χ1) is 7.61. The molecule has 0 unspecified atom stereocenters. The van der Waals surface area contributed by atoms with Crippen molar-refractivity contribution in [3.05, 3.63) is 22.2 Å². The molecule has 1 aromatic heterocycles. The number of nitrogens with zero attached hydrogens (tertiary/aromatic N) is 3. The average molecular weight is 223 g/mol. The fourth-order valence-corrected chi connectivity index (χ4v) is 1.51. The van der Waals surface area contributed by atoms with Crippen molar-refractivity contribution in [3.63, 3.8) is 0 Å². The van der Waals surface area contributed by atoms with E-state index in [9.17, 15) is 10.1 Å². The van der Waals surface area contributed by atoms with Gasteiger partial charge in [-0.3, -0.25) is 10.1 Å². The first-order valence-electron chi connectivity index (χ1n) is 4.97. The predicted molar refractivity (Wildman–Crippen MR) is 60.1 cm³/mol. The van der Waals surface area contributed by atoms with Crippen molar-refractivity contribution in [2.75, 3.05) is 17.4 Å². The summed E-state index contributed by atoms with van der Waals surface area (Å²) >= 11 is 0. The van der Waals surface area contributed by atoms with E-state index in [4.69, 9.17) is 5.84 Å². The molecular weight excluding hydrogens is 210 g/mol. The van der Waals surface area contributed by atoms with Gasteiger partial charge < -0.3 is 10.3 Å². The third-order valence-corrected chi connectivity index (χ3v) is 2.61. The molecule has 0 atom stereocenters. The molecule has 0 radical (unpaired) electrons. The summed E-state index contributed by atoms with van der Waals surface area (Å²) < 4.78 is 0. The van der Waals surface area contributed by atoms with Crippen molar-refractivity contribution >= 4 is 17.3 Å². The summed E-state index contributed by atoms with van der Waals surface area (Å²) in [7, 11) is 1.88. The highest BCUT2D eigenvalue weighted by molar-refractivity contribution is 5.56. The van der Waals surface area contributed by atoms with Gasteiger partial charge in [-0.05, 0) is 12.8 Å². The number of pyridine rings is 1. The second kappa shape index (κ2) is 3.93. The van der Waals surface area contributed by atoms with E-state index >= 15 is 0 Å². The van der Waals surface area contributed by atoms with Crippen LogP contribution < -0.4 is 16.2 Å². The maximum absolute atomic E-state index is 10.7. The Labute approximate surface area is 92.4 Å². The van der Waals surface area contributed by atoms with Crippen LogP contribution in [0.4, 0.5) is 17.3 Å². The quantitative estimate of drug-likeness (QED) is 0.446. The summed E-state index contributed by atoms with van der Waals surface area (Å²) in [6.45, 7) is 0. The van der Waals surface area contributed by atoms with Crippen LogP contribution >= 0.6 is 0 Å². The van der Waals surface area contributed by atoms with Crippen LogP contribution in [0.3, 0.4) is 0 Å². The molecule has 16 heavy (non-hydrogen) atoms. The van der Waals surface area contributed by atoms with E-state index in [1.807, 2.05) is 11.9 Å². The van der Waals surface area contributed by atoms with Crippen LogP contribution in [0.2, 0.25) is 0 Å². The SMILES string of the molecule is CN(c1cc([N+](=O)[O-])cc(NN)n1)C1CC1. The van der Waals surface area contributed by atoms with Gasteiger partial charge in [0, 0.05) is 13.1 Å². The zero-order valence-electron chi connectivity index (χ0n) is 8.88. The van der Waals surface area contributed by atoms with Crippen molar-refractivity contribution in [2.45, 2.75) is 18.9 Å². The van der Waals surface area contributed by atoms with Crippen molar-refractivity contribution in [1.29, 1.82) is 0 Å². The number of anilines is 2. The van der Waals surface area contributed by atoms with Gasteiger partial charge in [-0.1, -0.05) is 0 Å². The summed E-state index contributed by atoms with van der Waals surface area (Å²) in [5.41, 5.74) is 2.33. The smallest absolute Gasteiger partial charge is 0.276 e. The summed E-state index contributed by atoms with van der Waals surface area (Å²) in [5.74, 6) is 6.10. The van der Waals surface area contributed by atoms with Gasteiger partial charge in [0.1, 0.15) is 11.6 Å². The highest BCUT2D eigenvalue weighted by Crippen LogP contribution is 2.31. The minimum atomic E-state index is -0.452. The zero-order chi connectivity index (χ0) is 11.7. The molecule has 0 bridgehead atoms. The van der Waals surface area contributed by atoms with Crippen LogP contribution in [-0.2, 0) is 0 Å². The number of nitrogen functional groups attached to an aromatic ring is 1. The van der Waals surface area contributed by atoms with Crippen molar-refractivity contribution in [2.24, 2.45) is 5.84 Å². The third kappa shape index (κ3) is 2.03. The third-order valence-electron chi connectivity index (χ3n) is 2.61. The van der Waals surface area contributed by atoms with E-state index in [0.717, 1.165) is 12.8 Å². The summed E-state index contributed by atoms with van der Waals surface area (Å²) in [6, 6.07) is 3.21. The van der Waals surface area contributed by atoms with Gasteiger partial charge in [-0.25, -0.2) is 10.8 Å². The molecule has 86 valence electrons. The molecule has 0 spiro atoms. The van der Waals surface area contributed by atoms with Gasteiger partial charge in [-0.2, -0.15) is 0 Å². The van der Waals surface area contributed by atoms with Crippen molar-refractivity contribution < 1.29 is 4.92 Å². The van der Waals surface area contributed by atoms with E-state index in [2.05, 4.69) is 10.4 Å². The van der Waals surface area contributed by atoms with Crippen LogP contribution in [-0.4, -0.2) is 23.0 Å². The zero-order valence-corrected chi connectivity index (χ0v) is 8.88. The lowest BCUT2D eigenvalue weighted by Crippen LogP contribution is -2.21. The molecule has 1 aromatic rings. The monoisotopic (exact) mass is 223 g/mol. The van der Waals surface area contributed by atoms with Crippen LogP contribution in [0.5, 0.6) is 0 Å². The Kier molecular flexibility index (Phi) is 2.61. The molecule has 7 nitrogen and oxygen atoms in total. The lowest BCUT2D eigenvalue weighted by Gasteiger charge is -2.17. The van der Waals surface area contributed by atoms with Gasteiger partial charge in [0.05, 0.1) is 17.1 Å². The lowest BCUT2D eigenvalue weighted by atomic mass is 10.3. The molecule has 1 aliphatic rings. The number of rotatable bonds is 4. The molecule has 2 rings (SSSR count). The molecule has 1 aliphatic carbocycles. The lowest BCUT2D eigenvalue weighted by molar-refractivity contribution is -0.384. The largest absolute Gasteiger partial charge is 0.356 e. The van der Waals surface area contributed by atoms with Gasteiger partial charge in [-0.15, -0.1) is 0 Å². The molecule has 1 fully saturated rings. The number of nitro groups is 1. The number of aromatic nitrogens is 1. The standard InChI is InChI=1S/C9H13N5O2/c1-13(6-2-3-6)9-5-7(14(15)16)4-8(11-9)12-10/h4-6H,2-3,10H2,1H3,(H,11,12). The molecule has 3 N–H and O–H groups in total. The van der Waals surface area contributed by atoms with Crippen LogP contribution in [0.25, 0.3) is 0 Å². The Bertz CT molecular complexity index is 418. The van der Waals surface area contributed by atoms with E-state index < -0.39 is 4.92 Å². The van der Waals surface area contributed by atoms with E-state index in [0.29, 0.717) is 17.7 Å². The van der Waals surface area contributed by atoms with Gasteiger partial charge in [0.25, 0.3) is 5.69 Å². The summed E-state index contributed by atoms with van der Waals surface area (Å²) in [5, 5.41) is 10.7. The highest BCUT2D eigenvalue weighted by Gasteiger charge is 2.28. The maximum atomic E-state index is 10.7. The topological polar surface area (TPSA) is 97.3 Å². The van der Waals surface area contributed by atoms with Crippen molar-refractivity contribution in [1.82, 2.24) is 4.98 Å². The number of hydrogen-bond acceptors (Lipinski definition) is 6. The van der Waals surface area contributed by atoms with Crippen LogP contribution in [0, 0.1) is 10.1 Å². The number of hydrazine groups is 1. The summed E-state index contributed by atoms with van der Waals surface area (Å²) in [6.07, 6.45) is 2.21. The molecule has 7 heteroatoms. The summed E-state index contributed by atoms with van der Waals surface area (Å²) in [4.78, 5) is 16.4. The Hall–Kier alpha value is -1.89. The second-order valence-electron chi connectivity index (χ2n) is 3.81. The predicted octanol–water partition coefficient (Wildman–Crippen LogP) is 0.874. The van der Waals surface area contributed by atoms with Gasteiger partial charge >= 0.3 is 0 Å². The molecular formula is C9H13N5O2. The average Bonchev–Trinajstić information content (AvgIpc) is 3.11. The Morgan fingerprint density at radius 1 is 1.62 bits per heavy atom. The van der Waals surface area contributed by atoms with E-state index in [1.54, 1.807) is 0 Å². The molecule has 1 heterocycles. The van der Waals surface area contributed by atoms with E-state index in [1.165, 1.54) is 12.1 Å². The fraction of sp³-hybridized carbons (Fsp3) is 0.444. The van der Waals surface area contributed by atoms with Gasteiger partial charge in [0.2, 0.25) is 0 Å². The van der Waals surface area contributed by atoms with E-state index in [-0.39, 0.29) is 5.69 Å². The maximum Gasteiger partial charge on any atom is 0.276 e. The minimum absolute atomic E-state index is 0.00884. The first-order valence-corrected chi connectivity index (χ1v) is 4.97. The molecule has 0 aromatic carbocycles. The van der Waals surface area contributed by atoms with Crippen LogP contribution in [0.1, 0.15) is 12.8 Å². The Morgan fingerprint density at radius 2 is 2.31 bits per heavy atom. The molecule has 1 saturated carbocycles. The number of nitrogens with one attached hydrogen (secondary N) is 1. The molecule has 0 amide bonds. The first kappa shape index (κ1) is 10.6. The second-order valence-corrected chi connectivity index (χ2v) is 3.81. The highest BCUT2D eigenvalue weighted by atomic mass is 16.6. The van der Waals surface area contributed by atoms with Crippen molar-refractivity contribution in [3.8, 4) is 0 Å². The minimum Gasteiger partial charge on any atom is -0.356 e.